The average molecular weight is 442 g/mol. The number of halogens is 3. The van der Waals surface area contributed by atoms with Crippen LogP contribution in [-0.2, 0) is 11.0 Å². The maximum Gasteiger partial charge on any atom is 0.416 e. The lowest BCUT2D eigenvalue weighted by Gasteiger charge is -2.29. The SMILES string of the molecule is Cc1cc(C(=O)NC[C@H]2CC[C@H](CNCC(=O)NC(C)(C)C)CC2)cc(C(F)(F)F)c1. The third-order valence-corrected chi connectivity index (χ3v) is 5.42. The predicted octanol–water partition coefficient (Wildman–Crippen LogP) is 4.05. The first kappa shape index (κ1) is 25.2. The summed E-state index contributed by atoms with van der Waals surface area (Å²) in [6, 6.07) is 3.42. The van der Waals surface area contributed by atoms with Crippen molar-refractivity contribution in [3.63, 3.8) is 0 Å². The number of aryl methyl sites for hydroxylation is 1. The standard InChI is InChI=1S/C23H34F3N3O2/c1-15-9-18(11-19(10-15)23(24,25)26)21(31)28-13-17-7-5-16(6-8-17)12-27-14-20(30)29-22(2,3)4/h9-11,16-17,27H,5-8,12-14H2,1-4H3,(H,28,31)(H,29,30)/t16-,17-. The monoisotopic (exact) mass is 441 g/mol. The van der Waals surface area contributed by atoms with Crippen molar-refractivity contribution < 1.29 is 22.8 Å². The highest BCUT2D eigenvalue weighted by molar-refractivity contribution is 5.94. The summed E-state index contributed by atoms with van der Waals surface area (Å²) < 4.78 is 38.9. The van der Waals surface area contributed by atoms with Crippen LogP contribution >= 0.6 is 0 Å². The van der Waals surface area contributed by atoms with Crippen molar-refractivity contribution in [2.24, 2.45) is 11.8 Å². The molecule has 0 radical (unpaired) electrons. The number of alkyl halides is 3. The van der Waals surface area contributed by atoms with E-state index in [4.69, 9.17) is 0 Å². The van der Waals surface area contributed by atoms with Crippen molar-refractivity contribution in [1.82, 2.24) is 16.0 Å². The van der Waals surface area contributed by atoms with Crippen LogP contribution in [0.25, 0.3) is 0 Å². The minimum absolute atomic E-state index is 0.0197. The molecule has 5 nitrogen and oxygen atoms in total. The molecule has 0 saturated heterocycles. The minimum atomic E-state index is -4.47. The Morgan fingerprint density at radius 2 is 1.55 bits per heavy atom. The molecule has 0 spiro atoms. The van der Waals surface area contributed by atoms with Crippen LogP contribution < -0.4 is 16.0 Å². The molecule has 1 fully saturated rings. The molecule has 0 heterocycles. The van der Waals surface area contributed by atoms with E-state index in [2.05, 4.69) is 16.0 Å². The zero-order chi connectivity index (χ0) is 23.2. The molecule has 3 N–H and O–H groups in total. The molecule has 1 aromatic carbocycles. The second-order valence-electron chi connectivity index (χ2n) is 9.61. The lowest BCUT2D eigenvalue weighted by Crippen LogP contribution is -2.45. The largest absolute Gasteiger partial charge is 0.416 e. The van der Waals surface area contributed by atoms with E-state index in [1.807, 2.05) is 20.8 Å². The Balaban J connectivity index is 1.72. The summed E-state index contributed by atoms with van der Waals surface area (Å²) in [7, 11) is 0. The van der Waals surface area contributed by atoms with Crippen LogP contribution in [0, 0.1) is 18.8 Å². The second-order valence-corrected chi connectivity index (χ2v) is 9.61. The van der Waals surface area contributed by atoms with Crippen molar-refractivity contribution >= 4 is 11.8 Å². The fourth-order valence-corrected chi connectivity index (χ4v) is 3.91. The van der Waals surface area contributed by atoms with Gasteiger partial charge < -0.3 is 16.0 Å². The van der Waals surface area contributed by atoms with Gasteiger partial charge in [0.1, 0.15) is 0 Å². The molecule has 0 bridgehead atoms. The van der Waals surface area contributed by atoms with Crippen LogP contribution in [0.15, 0.2) is 18.2 Å². The number of hydrogen-bond acceptors (Lipinski definition) is 3. The van der Waals surface area contributed by atoms with Gasteiger partial charge in [0.15, 0.2) is 0 Å². The summed E-state index contributed by atoms with van der Waals surface area (Å²) in [6.45, 7) is 8.91. The van der Waals surface area contributed by atoms with Gasteiger partial charge in [-0.1, -0.05) is 0 Å². The summed E-state index contributed by atoms with van der Waals surface area (Å²) >= 11 is 0. The van der Waals surface area contributed by atoms with E-state index in [0.29, 0.717) is 30.5 Å². The Hall–Kier alpha value is -2.09. The molecule has 31 heavy (non-hydrogen) atoms. The summed E-state index contributed by atoms with van der Waals surface area (Å²) in [5.41, 5.74) is -0.599. The Morgan fingerprint density at radius 3 is 2.10 bits per heavy atom. The Bertz CT molecular complexity index is 764. The van der Waals surface area contributed by atoms with Crippen molar-refractivity contribution in [2.45, 2.75) is 65.1 Å². The number of nitrogens with one attached hydrogen (secondary N) is 3. The molecule has 1 aliphatic carbocycles. The van der Waals surface area contributed by atoms with Gasteiger partial charge in [-0.25, -0.2) is 0 Å². The molecule has 2 rings (SSSR count). The zero-order valence-corrected chi connectivity index (χ0v) is 18.8. The lowest BCUT2D eigenvalue weighted by atomic mass is 9.82. The van der Waals surface area contributed by atoms with Crippen LogP contribution in [0.4, 0.5) is 13.2 Å². The molecule has 174 valence electrons. The Morgan fingerprint density at radius 1 is 0.968 bits per heavy atom. The van der Waals surface area contributed by atoms with Crippen LogP contribution in [0.2, 0.25) is 0 Å². The molecule has 0 unspecified atom stereocenters. The van der Waals surface area contributed by atoms with Crippen LogP contribution in [-0.4, -0.2) is 37.0 Å². The molecule has 0 aliphatic heterocycles. The fourth-order valence-electron chi connectivity index (χ4n) is 3.91. The summed E-state index contributed by atoms with van der Waals surface area (Å²) in [5.74, 6) is 0.313. The van der Waals surface area contributed by atoms with E-state index in [1.54, 1.807) is 6.92 Å². The van der Waals surface area contributed by atoms with Gasteiger partial charge in [0.2, 0.25) is 5.91 Å². The number of rotatable bonds is 7. The molecule has 1 aliphatic rings. The highest BCUT2D eigenvalue weighted by atomic mass is 19.4. The van der Waals surface area contributed by atoms with Gasteiger partial charge in [-0.05, 0) is 95.5 Å². The highest BCUT2D eigenvalue weighted by Crippen LogP contribution is 2.31. The van der Waals surface area contributed by atoms with E-state index >= 15 is 0 Å². The lowest BCUT2D eigenvalue weighted by molar-refractivity contribution is -0.137. The molecule has 0 aromatic heterocycles. The van der Waals surface area contributed by atoms with Crippen molar-refractivity contribution in [3.8, 4) is 0 Å². The first-order chi connectivity index (χ1) is 14.3. The van der Waals surface area contributed by atoms with Crippen molar-refractivity contribution in [1.29, 1.82) is 0 Å². The third-order valence-electron chi connectivity index (χ3n) is 5.42. The van der Waals surface area contributed by atoms with Gasteiger partial charge in [-0.15, -0.1) is 0 Å². The molecule has 0 atom stereocenters. The normalized spacial score (nSPS) is 19.7. The average Bonchev–Trinajstić information content (AvgIpc) is 2.64. The van der Waals surface area contributed by atoms with Gasteiger partial charge in [-0.2, -0.15) is 13.2 Å². The number of carbonyl (C=O) groups excluding carboxylic acids is 2. The first-order valence-electron chi connectivity index (χ1n) is 10.8. The van der Waals surface area contributed by atoms with Crippen LogP contribution in [0.3, 0.4) is 0 Å². The number of amides is 2. The molecule has 2 amide bonds. The molecule has 8 heteroatoms. The van der Waals surface area contributed by atoms with Gasteiger partial charge in [0.05, 0.1) is 12.1 Å². The highest BCUT2D eigenvalue weighted by Gasteiger charge is 2.31. The van der Waals surface area contributed by atoms with E-state index in [1.165, 1.54) is 6.07 Å². The van der Waals surface area contributed by atoms with E-state index in [9.17, 15) is 22.8 Å². The summed E-state index contributed by atoms with van der Waals surface area (Å²) in [5, 5.41) is 8.92. The van der Waals surface area contributed by atoms with Crippen LogP contribution in [0.5, 0.6) is 0 Å². The number of benzene rings is 1. The van der Waals surface area contributed by atoms with E-state index in [0.717, 1.165) is 44.4 Å². The summed E-state index contributed by atoms with van der Waals surface area (Å²) in [6.07, 6.45) is -0.583. The van der Waals surface area contributed by atoms with E-state index < -0.39 is 17.6 Å². The topological polar surface area (TPSA) is 70.2 Å². The van der Waals surface area contributed by atoms with E-state index in [-0.39, 0.29) is 17.0 Å². The van der Waals surface area contributed by atoms with Gasteiger partial charge >= 0.3 is 6.18 Å². The Labute approximate surface area is 182 Å². The van der Waals surface area contributed by atoms with Gasteiger partial charge in [-0.3, -0.25) is 9.59 Å². The second kappa shape index (κ2) is 10.5. The predicted molar refractivity (Wildman–Crippen MR) is 115 cm³/mol. The fraction of sp³-hybridized carbons (Fsp3) is 0.652. The Kier molecular flexibility index (Phi) is 8.51. The number of carbonyl (C=O) groups is 2. The van der Waals surface area contributed by atoms with Gasteiger partial charge in [0, 0.05) is 17.6 Å². The minimum Gasteiger partial charge on any atom is -0.352 e. The zero-order valence-electron chi connectivity index (χ0n) is 18.8. The quantitative estimate of drug-likeness (QED) is 0.598. The third kappa shape index (κ3) is 8.89. The van der Waals surface area contributed by atoms with Gasteiger partial charge in [0.25, 0.3) is 5.91 Å². The molecule has 1 aromatic rings. The smallest absolute Gasteiger partial charge is 0.352 e. The van der Waals surface area contributed by atoms with Crippen molar-refractivity contribution in [2.75, 3.05) is 19.6 Å². The molecule has 1 saturated carbocycles. The summed E-state index contributed by atoms with van der Waals surface area (Å²) in [4.78, 5) is 24.2. The van der Waals surface area contributed by atoms with Crippen molar-refractivity contribution in [3.05, 3.63) is 34.9 Å². The maximum atomic E-state index is 13.0. The van der Waals surface area contributed by atoms with Crippen LogP contribution in [0.1, 0.15) is 67.9 Å². The molecular formula is C23H34F3N3O2. The molecular weight excluding hydrogens is 407 g/mol. The first-order valence-corrected chi connectivity index (χ1v) is 10.8. The number of hydrogen-bond donors (Lipinski definition) is 3. The maximum absolute atomic E-state index is 13.0.